The zero-order chi connectivity index (χ0) is 8.60. The molecular weight excluding hydrogens is 150 g/mol. The van der Waals surface area contributed by atoms with Crippen LogP contribution in [0.1, 0.15) is 26.7 Å². The first-order valence-corrected chi connectivity index (χ1v) is 5.00. The molecule has 2 heteroatoms. The van der Waals surface area contributed by atoms with Gasteiger partial charge >= 0.3 is 0 Å². The highest BCUT2D eigenvalue weighted by molar-refractivity contribution is 4.92. The highest BCUT2D eigenvalue weighted by Crippen LogP contribution is 2.32. The lowest BCUT2D eigenvalue weighted by molar-refractivity contribution is 0.173. The summed E-state index contributed by atoms with van der Waals surface area (Å²) < 4.78 is 5.41. The van der Waals surface area contributed by atoms with E-state index in [1.807, 2.05) is 0 Å². The fourth-order valence-electron chi connectivity index (χ4n) is 2.47. The van der Waals surface area contributed by atoms with Gasteiger partial charge in [0.2, 0.25) is 0 Å². The van der Waals surface area contributed by atoms with Gasteiger partial charge in [-0.2, -0.15) is 0 Å². The van der Waals surface area contributed by atoms with Gasteiger partial charge in [0.1, 0.15) is 0 Å². The Morgan fingerprint density at radius 1 is 1.33 bits per heavy atom. The molecule has 2 unspecified atom stereocenters. The standard InChI is InChI=1S/C10H19NO/c1-10(2)5-9(6-11-10)8-3-4-12-7-8/h8-9,11H,3-7H2,1-2H3. The number of nitrogens with one attached hydrogen (secondary N) is 1. The van der Waals surface area contributed by atoms with Crippen molar-refractivity contribution in [1.29, 1.82) is 0 Å². The Kier molecular flexibility index (Phi) is 2.13. The van der Waals surface area contributed by atoms with E-state index in [1.165, 1.54) is 19.4 Å². The molecule has 2 aliphatic heterocycles. The van der Waals surface area contributed by atoms with Crippen molar-refractivity contribution in [2.75, 3.05) is 19.8 Å². The van der Waals surface area contributed by atoms with Gasteiger partial charge in [-0.05, 0) is 45.1 Å². The molecule has 2 atom stereocenters. The zero-order valence-corrected chi connectivity index (χ0v) is 8.10. The third kappa shape index (κ3) is 1.64. The molecule has 70 valence electrons. The van der Waals surface area contributed by atoms with Crippen LogP contribution in [0, 0.1) is 11.8 Å². The SMILES string of the molecule is CC1(C)CC(C2CCOC2)CN1. The minimum atomic E-state index is 0.368. The number of ether oxygens (including phenoxy) is 1. The van der Waals surface area contributed by atoms with E-state index in [1.54, 1.807) is 0 Å². The van der Waals surface area contributed by atoms with Crippen LogP contribution in [0.2, 0.25) is 0 Å². The highest BCUT2D eigenvalue weighted by Gasteiger charge is 2.36. The van der Waals surface area contributed by atoms with Gasteiger partial charge in [0, 0.05) is 18.8 Å². The number of hydrogen-bond donors (Lipinski definition) is 1. The topological polar surface area (TPSA) is 21.3 Å². The first-order chi connectivity index (χ1) is 5.67. The van der Waals surface area contributed by atoms with Gasteiger partial charge < -0.3 is 10.1 Å². The second-order valence-corrected chi connectivity index (χ2v) is 4.85. The maximum atomic E-state index is 5.41. The van der Waals surface area contributed by atoms with Crippen molar-refractivity contribution >= 4 is 0 Å². The minimum absolute atomic E-state index is 0.368. The second-order valence-electron chi connectivity index (χ2n) is 4.85. The van der Waals surface area contributed by atoms with Crippen LogP contribution >= 0.6 is 0 Å². The third-order valence-electron chi connectivity index (χ3n) is 3.25. The molecule has 0 aliphatic carbocycles. The van der Waals surface area contributed by atoms with Crippen LogP contribution in [0.5, 0.6) is 0 Å². The van der Waals surface area contributed by atoms with Crippen molar-refractivity contribution in [2.24, 2.45) is 11.8 Å². The van der Waals surface area contributed by atoms with Gasteiger partial charge in [-0.15, -0.1) is 0 Å². The molecule has 0 saturated carbocycles. The molecule has 0 spiro atoms. The average molecular weight is 169 g/mol. The Balaban J connectivity index is 1.90. The van der Waals surface area contributed by atoms with Crippen molar-refractivity contribution in [3.63, 3.8) is 0 Å². The Morgan fingerprint density at radius 2 is 2.17 bits per heavy atom. The summed E-state index contributed by atoms with van der Waals surface area (Å²) in [5.41, 5.74) is 0.368. The molecule has 1 N–H and O–H groups in total. The zero-order valence-electron chi connectivity index (χ0n) is 8.10. The van der Waals surface area contributed by atoms with Gasteiger partial charge in [-0.1, -0.05) is 0 Å². The fraction of sp³-hybridized carbons (Fsp3) is 1.00. The number of rotatable bonds is 1. The highest BCUT2D eigenvalue weighted by atomic mass is 16.5. The Hall–Kier alpha value is -0.0800. The summed E-state index contributed by atoms with van der Waals surface area (Å²) in [6.07, 6.45) is 2.60. The molecule has 0 amide bonds. The Bertz CT molecular complexity index is 161. The molecule has 0 aromatic rings. The predicted octanol–water partition coefficient (Wildman–Crippen LogP) is 1.41. The minimum Gasteiger partial charge on any atom is -0.381 e. The molecule has 2 saturated heterocycles. The van der Waals surface area contributed by atoms with Gasteiger partial charge in [0.15, 0.2) is 0 Å². The van der Waals surface area contributed by atoms with Gasteiger partial charge in [0.25, 0.3) is 0 Å². The van der Waals surface area contributed by atoms with E-state index in [-0.39, 0.29) is 0 Å². The van der Waals surface area contributed by atoms with Gasteiger partial charge in [-0.3, -0.25) is 0 Å². The summed E-state index contributed by atoms with van der Waals surface area (Å²) in [5.74, 6) is 1.70. The summed E-state index contributed by atoms with van der Waals surface area (Å²) in [6.45, 7) is 7.77. The van der Waals surface area contributed by atoms with Crippen LogP contribution in [0.15, 0.2) is 0 Å². The lowest BCUT2D eigenvalue weighted by Gasteiger charge is -2.19. The summed E-state index contributed by atoms with van der Waals surface area (Å²) in [7, 11) is 0. The van der Waals surface area contributed by atoms with Crippen molar-refractivity contribution in [2.45, 2.75) is 32.2 Å². The number of hydrogen-bond acceptors (Lipinski definition) is 2. The Labute approximate surface area is 74.7 Å². The van der Waals surface area contributed by atoms with Gasteiger partial charge in [0.05, 0.1) is 0 Å². The monoisotopic (exact) mass is 169 g/mol. The largest absolute Gasteiger partial charge is 0.381 e. The summed E-state index contributed by atoms with van der Waals surface area (Å²) in [5, 5.41) is 3.57. The average Bonchev–Trinajstić information content (AvgIpc) is 2.55. The maximum Gasteiger partial charge on any atom is 0.0498 e. The molecule has 2 aliphatic rings. The summed E-state index contributed by atoms with van der Waals surface area (Å²) in [6, 6.07) is 0. The van der Waals surface area contributed by atoms with Crippen molar-refractivity contribution in [3.8, 4) is 0 Å². The predicted molar refractivity (Wildman–Crippen MR) is 49.1 cm³/mol. The van der Waals surface area contributed by atoms with E-state index >= 15 is 0 Å². The lowest BCUT2D eigenvalue weighted by Crippen LogP contribution is -2.31. The first-order valence-electron chi connectivity index (χ1n) is 5.00. The molecule has 2 rings (SSSR count). The maximum absolute atomic E-state index is 5.41. The molecule has 2 heterocycles. The normalized spacial score (nSPS) is 40.5. The van der Waals surface area contributed by atoms with Crippen LogP contribution in [-0.4, -0.2) is 25.3 Å². The van der Waals surface area contributed by atoms with Crippen molar-refractivity contribution in [3.05, 3.63) is 0 Å². The molecule has 2 nitrogen and oxygen atoms in total. The van der Waals surface area contributed by atoms with Crippen LogP contribution in [0.4, 0.5) is 0 Å². The molecule has 0 aromatic carbocycles. The molecule has 2 fully saturated rings. The van der Waals surface area contributed by atoms with E-state index < -0.39 is 0 Å². The molecular formula is C10H19NO. The summed E-state index contributed by atoms with van der Waals surface area (Å²) >= 11 is 0. The van der Waals surface area contributed by atoms with Crippen LogP contribution in [0.25, 0.3) is 0 Å². The third-order valence-corrected chi connectivity index (χ3v) is 3.25. The van der Waals surface area contributed by atoms with E-state index in [9.17, 15) is 0 Å². The molecule has 0 bridgehead atoms. The second kappa shape index (κ2) is 3.00. The quantitative estimate of drug-likeness (QED) is 0.641. The first kappa shape index (κ1) is 8.52. The smallest absolute Gasteiger partial charge is 0.0498 e. The molecule has 12 heavy (non-hydrogen) atoms. The van der Waals surface area contributed by atoms with Crippen molar-refractivity contribution < 1.29 is 4.74 Å². The fourth-order valence-corrected chi connectivity index (χ4v) is 2.47. The molecule has 0 radical (unpaired) electrons. The van der Waals surface area contributed by atoms with Gasteiger partial charge in [-0.25, -0.2) is 0 Å². The van der Waals surface area contributed by atoms with Crippen molar-refractivity contribution in [1.82, 2.24) is 5.32 Å². The van der Waals surface area contributed by atoms with Crippen LogP contribution in [0.3, 0.4) is 0 Å². The summed E-state index contributed by atoms with van der Waals surface area (Å²) in [4.78, 5) is 0. The van der Waals surface area contributed by atoms with E-state index in [0.29, 0.717) is 5.54 Å². The Morgan fingerprint density at radius 3 is 2.67 bits per heavy atom. The van der Waals surface area contributed by atoms with E-state index in [0.717, 1.165) is 25.0 Å². The van der Waals surface area contributed by atoms with E-state index in [4.69, 9.17) is 4.74 Å². The molecule has 0 aromatic heterocycles. The lowest BCUT2D eigenvalue weighted by atomic mass is 9.86. The van der Waals surface area contributed by atoms with E-state index in [2.05, 4.69) is 19.2 Å². The van der Waals surface area contributed by atoms with Crippen LogP contribution < -0.4 is 5.32 Å². The van der Waals surface area contributed by atoms with Crippen LogP contribution in [-0.2, 0) is 4.74 Å².